The average Bonchev–Trinajstić information content (AvgIpc) is 2.68. The van der Waals surface area contributed by atoms with Crippen LogP contribution in [0.1, 0.15) is 19.8 Å². The quantitative estimate of drug-likeness (QED) is 0.799. The Morgan fingerprint density at radius 3 is 2.62 bits per heavy atom. The molecule has 1 heterocycles. The fourth-order valence-corrected chi connectivity index (χ4v) is 2.98. The Hall–Kier alpha value is -0.950. The molecule has 0 aromatic heterocycles. The lowest BCUT2D eigenvalue weighted by Gasteiger charge is -2.31. The van der Waals surface area contributed by atoms with Gasteiger partial charge in [0.2, 0.25) is 0 Å². The Labute approximate surface area is 131 Å². The molecule has 1 fully saturated rings. The third-order valence-corrected chi connectivity index (χ3v) is 4.56. The first-order chi connectivity index (χ1) is 9.95. The molecule has 1 aliphatic heterocycles. The standard InChI is InChI=1S/C14H27N3O3S/c1-12(5-10-21-3)15(2)14(20)17-7-4-6-16(8-9-17)11-13(18)19/h12H,4-11H2,1-3H3,(H,18,19). The van der Waals surface area contributed by atoms with E-state index in [4.69, 9.17) is 5.11 Å². The van der Waals surface area contributed by atoms with E-state index in [0.29, 0.717) is 19.6 Å². The second kappa shape index (κ2) is 9.15. The van der Waals surface area contributed by atoms with Gasteiger partial charge in [-0.25, -0.2) is 4.79 Å². The van der Waals surface area contributed by atoms with Crippen LogP contribution in [0.15, 0.2) is 0 Å². The summed E-state index contributed by atoms with van der Waals surface area (Å²) in [5.41, 5.74) is 0. The molecular formula is C14H27N3O3S. The van der Waals surface area contributed by atoms with Crippen LogP contribution < -0.4 is 0 Å². The van der Waals surface area contributed by atoms with Crippen molar-refractivity contribution in [2.75, 3.05) is 51.8 Å². The van der Waals surface area contributed by atoms with E-state index in [2.05, 4.69) is 13.2 Å². The van der Waals surface area contributed by atoms with Crippen LogP contribution in [0.3, 0.4) is 0 Å². The number of carboxylic acid groups (broad SMARTS) is 1. The number of nitrogens with zero attached hydrogens (tertiary/aromatic N) is 3. The first-order valence-corrected chi connectivity index (χ1v) is 8.80. The molecule has 0 radical (unpaired) electrons. The molecule has 7 heteroatoms. The lowest BCUT2D eigenvalue weighted by Crippen LogP contribution is -2.46. The van der Waals surface area contributed by atoms with Crippen LogP contribution in [-0.2, 0) is 4.79 Å². The third kappa shape index (κ3) is 6.13. The summed E-state index contributed by atoms with van der Waals surface area (Å²) in [4.78, 5) is 28.8. The number of amides is 2. The van der Waals surface area contributed by atoms with Crippen LogP contribution in [0.4, 0.5) is 4.79 Å². The molecule has 0 aliphatic carbocycles. The summed E-state index contributed by atoms with van der Waals surface area (Å²) >= 11 is 1.79. The van der Waals surface area contributed by atoms with Crippen LogP contribution in [0.25, 0.3) is 0 Å². The second-order valence-corrected chi connectivity index (χ2v) is 6.52. The molecule has 1 aliphatic rings. The molecular weight excluding hydrogens is 290 g/mol. The summed E-state index contributed by atoms with van der Waals surface area (Å²) in [6.45, 7) is 4.80. The van der Waals surface area contributed by atoms with Gasteiger partial charge in [-0.2, -0.15) is 11.8 Å². The van der Waals surface area contributed by atoms with Gasteiger partial charge in [0.05, 0.1) is 6.54 Å². The van der Waals surface area contributed by atoms with Crippen LogP contribution in [-0.4, -0.2) is 89.6 Å². The summed E-state index contributed by atoms with van der Waals surface area (Å²) in [6, 6.07) is 0.282. The summed E-state index contributed by atoms with van der Waals surface area (Å²) in [5, 5.41) is 8.84. The summed E-state index contributed by atoms with van der Waals surface area (Å²) < 4.78 is 0. The number of hydrogen-bond donors (Lipinski definition) is 1. The van der Waals surface area contributed by atoms with Crippen LogP contribution >= 0.6 is 11.8 Å². The number of carbonyl (C=O) groups excluding carboxylic acids is 1. The number of thioether (sulfide) groups is 1. The van der Waals surface area contributed by atoms with E-state index in [0.717, 1.165) is 25.1 Å². The Morgan fingerprint density at radius 1 is 1.29 bits per heavy atom. The van der Waals surface area contributed by atoms with Gasteiger partial charge in [-0.15, -0.1) is 0 Å². The van der Waals surface area contributed by atoms with Crippen molar-refractivity contribution in [1.29, 1.82) is 0 Å². The number of carboxylic acids is 1. The van der Waals surface area contributed by atoms with Gasteiger partial charge in [0.25, 0.3) is 0 Å². The predicted molar refractivity (Wildman–Crippen MR) is 85.9 cm³/mol. The second-order valence-electron chi connectivity index (χ2n) is 5.53. The van der Waals surface area contributed by atoms with Gasteiger partial charge in [-0.05, 0) is 31.8 Å². The summed E-state index contributed by atoms with van der Waals surface area (Å²) in [6.07, 6.45) is 3.88. The van der Waals surface area contributed by atoms with Crippen molar-refractivity contribution in [3.8, 4) is 0 Å². The van der Waals surface area contributed by atoms with Crippen molar-refractivity contribution in [2.45, 2.75) is 25.8 Å². The van der Waals surface area contributed by atoms with E-state index in [1.54, 1.807) is 11.8 Å². The zero-order valence-electron chi connectivity index (χ0n) is 13.2. The topological polar surface area (TPSA) is 64.1 Å². The van der Waals surface area contributed by atoms with Gasteiger partial charge in [-0.1, -0.05) is 0 Å². The molecule has 1 N–H and O–H groups in total. The van der Waals surface area contributed by atoms with Crippen LogP contribution in [0, 0.1) is 0 Å². The minimum absolute atomic E-state index is 0.0563. The van der Waals surface area contributed by atoms with Crippen molar-refractivity contribution in [3.63, 3.8) is 0 Å². The van der Waals surface area contributed by atoms with Crippen molar-refractivity contribution >= 4 is 23.8 Å². The molecule has 21 heavy (non-hydrogen) atoms. The zero-order valence-corrected chi connectivity index (χ0v) is 14.1. The van der Waals surface area contributed by atoms with Gasteiger partial charge in [0.15, 0.2) is 0 Å². The number of carbonyl (C=O) groups is 2. The molecule has 6 nitrogen and oxygen atoms in total. The lowest BCUT2D eigenvalue weighted by molar-refractivity contribution is -0.138. The van der Waals surface area contributed by atoms with Crippen molar-refractivity contribution in [1.82, 2.24) is 14.7 Å². The molecule has 0 bridgehead atoms. The van der Waals surface area contributed by atoms with Crippen molar-refractivity contribution < 1.29 is 14.7 Å². The van der Waals surface area contributed by atoms with E-state index in [1.165, 1.54) is 0 Å². The summed E-state index contributed by atoms with van der Waals surface area (Å²) in [7, 11) is 1.85. The molecule has 2 amide bonds. The highest BCUT2D eigenvalue weighted by Gasteiger charge is 2.24. The molecule has 0 spiro atoms. The fourth-order valence-electron chi connectivity index (χ4n) is 2.41. The first kappa shape index (κ1) is 18.1. The number of hydrogen-bond acceptors (Lipinski definition) is 4. The molecule has 1 rings (SSSR count). The molecule has 1 atom stereocenters. The Kier molecular flexibility index (Phi) is 7.88. The lowest BCUT2D eigenvalue weighted by atomic mass is 10.2. The Morgan fingerprint density at radius 2 is 2.00 bits per heavy atom. The fraction of sp³-hybridized carbons (Fsp3) is 0.857. The van der Waals surface area contributed by atoms with Gasteiger partial charge in [0.1, 0.15) is 0 Å². The highest BCUT2D eigenvalue weighted by Crippen LogP contribution is 2.11. The van der Waals surface area contributed by atoms with E-state index < -0.39 is 5.97 Å². The number of aliphatic carboxylic acids is 1. The summed E-state index contributed by atoms with van der Waals surface area (Å²) in [5.74, 6) is 0.239. The average molecular weight is 317 g/mol. The van der Waals surface area contributed by atoms with E-state index in [9.17, 15) is 9.59 Å². The van der Waals surface area contributed by atoms with E-state index in [-0.39, 0.29) is 18.6 Å². The number of rotatable bonds is 6. The van der Waals surface area contributed by atoms with Gasteiger partial charge in [0, 0.05) is 39.3 Å². The highest BCUT2D eigenvalue weighted by atomic mass is 32.2. The molecule has 0 aromatic carbocycles. The van der Waals surface area contributed by atoms with Gasteiger partial charge in [-0.3, -0.25) is 9.69 Å². The first-order valence-electron chi connectivity index (χ1n) is 7.40. The van der Waals surface area contributed by atoms with E-state index in [1.807, 2.05) is 21.7 Å². The van der Waals surface area contributed by atoms with Crippen LogP contribution in [0.5, 0.6) is 0 Å². The monoisotopic (exact) mass is 317 g/mol. The van der Waals surface area contributed by atoms with Crippen molar-refractivity contribution in [2.24, 2.45) is 0 Å². The predicted octanol–water partition coefficient (Wildman–Crippen LogP) is 1.27. The Bertz CT molecular complexity index is 354. The minimum atomic E-state index is -0.808. The molecule has 1 unspecified atom stereocenters. The van der Waals surface area contributed by atoms with Crippen molar-refractivity contribution in [3.05, 3.63) is 0 Å². The van der Waals surface area contributed by atoms with E-state index >= 15 is 0 Å². The maximum atomic E-state index is 12.5. The zero-order chi connectivity index (χ0) is 15.8. The van der Waals surface area contributed by atoms with Crippen LogP contribution in [0.2, 0.25) is 0 Å². The SMILES string of the molecule is CSCCC(C)N(C)C(=O)N1CCCN(CC(=O)O)CC1. The largest absolute Gasteiger partial charge is 0.480 e. The smallest absolute Gasteiger partial charge is 0.320 e. The molecule has 0 saturated carbocycles. The maximum absolute atomic E-state index is 12.5. The number of urea groups is 1. The third-order valence-electron chi connectivity index (χ3n) is 3.92. The minimum Gasteiger partial charge on any atom is -0.480 e. The normalized spacial score (nSPS) is 18.1. The molecule has 1 saturated heterocycles. The Balaban J connectivity index is 2.48. The van der Waals surface area contributed by atoms with Gasteiger partial charge >= 0.3 is 12.0 Å². The highest BCUT2D eigenvalue weighted by molar-refractivity contribution is 7.98. The van der Waals surface area contributed by atoms with Gasteiger partial charge < -0.3 is 14.9 Å². The maximum Gasteiger partial charge on any atom is 0.320 e. The molecule has 0 aromatic rings. The molecule has 122 valence electrons.